The minimum absolute atomic E-state index is 0.00378. The Bertz CT molecular complexity index is 825. The Morgan fingerprint density at radius 1 is 1.33 bits per heavy atom. The van der Waals surface area contributed by atoms with E-state index in [9.17, 15) is 14.7 Å². The molecule has 1 aliphatic heterocycles. The second-order valence-electron chi connectivity index (χ2n) is 5.51. The lowest BCUT2D eigenvalue weighted by Gasteiger charge is -2.23. The van der Waals surface area contributed by atoms with Gasteiger partial charge in [-0.3, -0.25) is 9.59 Å². The van der Waals surface area contributed by atoms with Gasteiger partial charge in [0, 0.05) is 16.3 Å². The molecule has 0 fully saturated rings. The number of anilines is 2. The van der Waals surface area contributed by atoms with E-state index in [2.05, 4.69) is 10.6 Å². The third-order valence-electron chi connectivity index (χ3n) is 3.56. The summed E-state index contributed by atoms with van der Waals surface area (Å²) in [7, 11) is 0. The first kappa shape index (κ1) is 16.7. The fourth-order valence-corrected chi connectivity index (χ4v) is 3.64. The standard InChI is InChI=1S/C17H15ClN2O3S/c1-9-2-4-11(13(21)6-9)19-16(22)8-15-17(23)20-12-7-10(18)3-5-14(12)24-15/h2-7,15,21H,8H2,1H3,(H,19,22)(H,20,23). The number of hydrogen-bond donors (Lipinski definition) is 3. The van der Waals surface area contributed by atoms with Crippen LogP contribution < -0.4 is 10.6 Å². The summed E-state index contributed by atoms with van der Waals surface area (Å²) < 4.78 is 0. The van der Waals surface area contributed by atoms with Crippen LogP contribution in [0, 0.1) is 6.92 Å². The summed E-state index contributed by atoms with van der Waals surface area (Å²) in [6, 6.07) is 10.2. The number of hydrogen-bond acceptors (Lipinski definition) is 4. The molecule has 2 aromatic rings. The fraction of sp³-hybridized carbons (Fsp3) is 0.176. The highest BCUT2D eigenvalue weighted by Crippen LogP contribution is 2.38. The van der Waals surface area contributed by atoms with Crippen LogP contribution in [0.15, 0.2) is 41.3 Å². The Morgan fingerprint density at radius 3 is 2.88 bits per heavy atom. The second-order valence-corrected chi connectivity index (χ2v) is 7.19. The zero-order valence-corrected chi connectivity index (χ0v) is 14.4. The van der Waals surface area contributed by atoms with Gasteiger partial charge in [0.15, 0.2) is 0 Å². The molecule has 0 saturated heterocycles. The van der Waals surface area contributed by atoms with Crippen molar-refractivity contribution in [2.24, 2.45) is 0 Å². The molecule has 7 heteroatoms. The quantitative estimate of drug-likeness (QED) is 0.726. The Morgan fingerprint density at radius 2 is 2.12 bits per heavy atom. The predicted octanol–water partition coefficient (Wildman–Crippen LogP) is 3.80. The molecule has 24 heavy (non-hydrogen) atoms. The molecule has 1 aliphatic rings. The molecule has 2 aromatic carbocycles. The van der Waals surface area contributed by atoms with Crippen molar-refractivity contribution in [3.8, 4) is 5.75 Å². The number of amides is 2. The molecule has 1 atom stereocenters. The van der Waals surface area contributed by atoms with Crippen LogP contribution in [-0.4, -0.2) is 22.2 Å². The summed E-state index contributed by atoms with van der Waals surface area (Å²) in [6.45, 7) is 1.85. The molecular formula is C17H15ClN2O3S. The number of phenolic OH excluding ortho intramolecular Hbond substituents is 1. The largest absolute Gasteiger partial charge is 0.506 e. The van der Waals surface area contributed by atoms with Gasteiger partial charge >= 0.3 is 0 Å². The molecule has 5 nitrogen and oxygen atoms in total. The predicted molar refractivity (Wildman–Crippen MR) is 95.8 cm³/mol. The van der Waals surface area contributed by atoms with Gasteiger partial charge < -0.3 is 15.7 Å². The number of fused-ring (bicyclic) bond motifs is 1. The zero-order valence-electron chi connectivity index (χ0n) is 12.8. The van der Waals surface area contributed by atoms with Crippen LogP contribution in [0.5, 0.6) is 5.75 Å². The van der Waals surface area contributed by atoms with E-state index < -0.39 is 5.25 Å². The van der Waals surface area contributed by atoms with Crippen molar-refractivity contribution in [1.29, 1.82) is 0 Å². The van der Waals surface area contributed by atoms with Crippen LogP contribution in [0.2, 0.25) is 5.02 Å². The number of aromatic hydroxyl groups is 1. The van der Waals surface area contributed by atoms with Gasteiger partial charge in [0.1, 0.15) is 5.75 Å². The topological polar surface area (TPSA) is 78.4 Å². The number of carbonyl (C=O) groups is 2. The molecule has 0 aliphatic carbocycles. The first-order valence-corrected chi connectivity index (χ1v) is 8.54. The Hall–Kier alpha value is -2.18. The van der Waals surface area contributed by atoms with Crippen molar-refractivity contribution in [2.75, 3.05) is 10.6 Å². The maximum Gasteiger partial charge on any atom is 0.238 e. The number of phenols is 1. The molecule has 0 radical (unpaired) electrons. The number of carbonyl (C=O) groups excluding carboxylic acids is 2. The number of rotatable bonds is 3. The number of thioether (sulfide) groups is 1. The lowest BCUT2D eigenvalue weighted by atomic mass is 10.2. The highest BCUT2D eigenvalue weighted by molar-refractivity contribution is 8.01. The maximum atomic E-state index is 12.2. The molecule has 1 heterocycles. The zero-order chi connectivity index (χ0) is 17.3. The number of aryl methyl sites for hydroxylation is 1. The lowest BCUT2D eigenvalue weighted by Crippen LogP contribution is -2.32. The van der Waals surface area contributed by atoms with Gasteiger partial charge in [0.25, 0.3) is 0 Å². The molecule has 0 saturated carbocycles. The summed E-state index contributed by atoms with van der Waals surface area (Å²) >= 11 is 7.24. The summed E-state index contributed by atoms with van der Waals surface area (Å²) in [4.78, 5) is 25.2. The summed E-state index contributed by atoms with van der Waals surface area (Å²) in [5.41, 5.74) is 1.88. The third-order valence-corrected chi connectivity index (χ3v) is 5.07. The number of benzene rings is 2. The van der Waals surface area contributed by atoms with Gasteiger partial charge in [-0.1, -0.05) is 17.7 Å². The van der Waals surface area contributed by atoms with Crippen LogP contribution in [0.3, 0.4) is 0 Å². The summed E-state index contributed by atoms with van der Waals surface area (Å²) in [5, 5.41) is 15.2. The van der Waals surface area contributed by atoms with Gasteiger partial charge in [-0.15, -0.1) is 11.8 Å². The van der Waals surface area contributed by atoms with E-state index in [1.807, 2.05) is 13.0 Å². The van der Waals surface area contributed by atoms with Gasteiger partial charge in [-0.25, -0.2) is 0 Å². The van der Waals surface area contributed by atoms with E-state index in [4.69, 9.17) is 11.6 Å². The minimum Gasteiger partial charge on any atom is -0.506 e. The monoisotopic (exact) mass is 362 g/mol. The SMILES string of the molecule is Cc1ccc(NC(=O)CC2Sc3ccc(Cl)cc3NC2=O)c(O)c1. The average molecular weight is 363 g/mol. The third kappa shape index (κ3) is 3.66. The van der Waals surface area contributed by atoms with Gasteiger partial charge in [0.05, 0.1) is 16.6 Å². The summed E-state index contributed by atoms with van der Waals surface area (Å²) in [5.74, 6) is -0.568. The lowest BCUT2D eigenvalue weighted by molar-refractivity contribution is -0.120. The van der Waals surface area contributed by atoms with Crippen LogP contribution in [-0.2, 0) is 9.59 Å². The van der Waals surface area contributed by atoms with Crippen molar-refractivity contribution in [3.63, 3.8) is 0 Å². The van der Waals surface area contributed by atoms with Crippen molar-refractivity contribution >= 4 is 46.6 Å². The smallest absolute Gasteiger partial charge is 0.238 e. The first-order chi connectivity index (χ1) is 11.4. The Balaban J connectivity index is 1.68. The van der Waals surface area contributed by atoms with E-state index in [0.717, 1.165) is 10.5 Å². The molecule has 0 bridgehead atoms. The molecule has 0 aromatic heterocycles. The van der Waals surface area contributed by atoms with Crippen LogP contribution >= 0.6 is 23.4 Å². The molecule has 0 spiro atoms. The summed E-state index contributed by atoms with van der Waals surface area (Å²) in [6.07, 6.45) is 0.00584. The van der Waals surface area contributed by atoms with E-state index >= 15 is 0 Å². The Labute approximate surface area is 148 Å². The number of halogens is 1. The van der Waals surface area contributed by atoms with E-state index in [-0.39, 0.29) is 24.0 Å². The highest BCUT2D eigenvalue weighted by atomic mass is 35.5. The first-order valence-electron chi connectivity index (χ1n) is 7.29. The Kier molecular flexibility index (Phi) is 4.69. The maximum absolute atomic E-state index is 12.2. The molecule has 3 N–H and O–H groups in total. The van der Waals surface area contributed by atoms with Gasteiger partial charge in [-0.2, -0.15) is 0 Å². The van der Waals surface area contributed by atoms with E-state index in [1.165, 1.54) is 11.8 Å². The van der Waals surface area contributed by atoms with Crippen molar-refractivity contribution in [2.45, 2.75) is 23.5 Å². The molecule has 124 valence electrons. The molecule has 1 unspecified atom stereocenters. The molecule has 3 rings (SSSR count). The van der Waals surface area contributed by atoms with Gasteiger partial charge in [-0.05, 0) is 42.8 Å². The fourth-order valence-electron chi connectivity index (χ4n) is 2.37. The normalized spacial score (nSPS) is 16.2. The highest BCUT2D eigenvalue weighted by Gasteiger charge is 2.29. The van der Waals surface area contributed by atoms with Crippen molar-refractivity contribution in [1.82, 2.24) is 0 Å². The number of nitrogens with one attached hydrogen (secondary N) is 2. The van der Waals surface area contributed by atoms with E-state index in [0.29, 0.717) is 16.4 Å². The van der Waals surface area contributed by atoms with Gasteiger partial charge in [0.2, 0.25) is 11.8 Å². The van der Waals surface area contributed by atoms with Crippen molar-refractivity contribution in [3.05, 3.63) is 47.0 Å². The second kappa shape index (κ2) is 6.75. The molecular weight excluding hydrogens is 348 g/mol. The molecule has 2 amide bonds. The minimum atomic E-state index is -0.536. The van der Waals surface area contributed by atoms with Crippen LogP contribution in [0.1, 0.15) is 12.0 Å². The van der Waals surface area contributed by atoms with E-state index in [1.54, 1.807) is 30.3 Å². The average Bonchev–Trinajstić information content (AvgIpc) is 2.51. The van der Waals surface area contributed by atoms with Crippen molar-refractivity contribution < 1.29 is 14.7 Å². The van der Waals surface area contributed by atoms with Crippen LogP contribution in [0.4, 0.5) is 11.4 Å². The van der Waals surface area contributed by atoms with Crippen LogP contribution in [0.25, 0.3) is 0 Å².